The zero-order chi connectivity index (χ0) is 7.52. The van der Waals surface area contributed by atoms with Gasteiger partial charge in [0.15, 0.2) is 0 Å². The van der Waals surface area contributed by atoms with Gasteiger partial charge in [-0.2, -0.15) is 0 Å². The smallest absolute Gasteiger partial charge is 0.0245 e. The summed E-state index contributed by atoms with van der Waals surface area (Å²) in [6, 6.07) is 10.6. The van der Waals surface area contributed by atoms with Gasteiger partial charge in [-0.05, 0) is 11.8 Å². The molecular formula is C10H11N. The van der Waals surface area contributed by atoms with Gasteiger partial charge >= 0.3 is 0 Å². The normalized spacial score (nSPS) is 21.6. The molecule has 1 nitrogen and oxygen atoms in total. The van der Waals surface area contributed by atoms with E-state index in [0.29, 0.717) is 5.92 Å². The summed E-state index contributed by atoms with van der Waals surface area (Å²) in [6.07, 6.45) is 4.23. The van der Waals surface area contributed by atoms with Crippen LogP contribution < -0.4 is 5.32 Å². The maximum Gasteiger partial charge on any atom is 0.0245 e. The lowest BCUT2D eigenvalue weighted by Crippen LogP contribution is -2.06. The standard InChI is InChI=1S/C10H11N/c1-2-4-9(5-3-1)10-6-7-11-8-10/h1-7,10-11H,8H2/t10-/m0/s1. The van der Waals surface area contributed by atoms with Gasteiger partial charge in [0, 0.05) is 12.5 Å². The molecule has 1 heterocycles. The van der Waals surface area contributed by atoms with Crippen LogP contribution in [0, 0.1) is 0 Å². The summed E-state index contributed by atoms with van der Waals surface area (Å²) in [4.78, 5) is 0. The van der Waals surface area contributed by atoms with Gasteiger partial charge in [-0.25, -0.2) is 0 Å². The predicted octanol–water partition coefficient (Wildman–Crippen LogP) is 1.89. The Balaban J connectivity index is 2.23. The zero-order valence-corrected chi connectivity index (χ0v) is 6.33. The van der Waals surface area contributed by atoms with Crippen molar-refractivity contribution in [2.24, 2.45) is 0 Å². The Bertz CT molecular complexity index is 251. The SMILES string of the molecule is C1=C[C@H](c2ccccc2)CN1. The largest absolute Gasteiger partial charge is 0.390 e. The third-order valence-corrected chi connectivity index (χ3v) is 2.01. The molecule has 0 bridgehead atoms. The van der Waals surface area contributed by atoms with E-state index in [-0.39, 0.29) is 0 Å². The van der Waals surface area contributed by atoms with Gasteiger partial charge in [-0.3, -0.25) is 0 Å². The van der Waals surface area contributed by atoms with Crippen molar-refractivity contribution in [3.05, 3.63) is 48.2 Å². The third-order valence-electron chi connectivity index (χ3n) is 2.01. The van der Waals surface area contributed by atoms with Gasteiger partial charge in [0.25, 0.3) is 0 Å². The maximum atomic E-state index is 3.19. The zero-order valence-electron chi connectivity index (χ0n) is 6.33. The molecule has 0 aromatic heterocycles. The topological polar surface area (TPSA) is 12.0 Å². The first kappa shape index (κ1) is 6.47. The van der Waals surface area contributed by atoms with E-state index in [1.54, 1.807) is 0 Å². The van der Waals surface area contributed by atoms with Crippen molar-refractivity contribution in [2.75, 3.05) is 6.54 Å². The lowest BCUT2D eigenvalue weighted by atomic mass is 10.0. The van der Waals surface area contributed by atoms with E-state index in [0.717, 1.165) is 6.54 Å². The van der Waals surface area contributed by atoms with Crippen LogP contribution in [0.25, 0.3) is 0 Å². The number of benzene rings is 1. The highest BCUT2D eigenvalue weighted by Gasteiger charge is 2.09. The Labute approximate surface area is 66.7 Å². The molecule has 1 aliphatic rings. The van der Waals surface area contributed by atoms with E-state index in [1.165, 1.54) is 5.56 Å². The summed E-state index contributed by atoms with van der Waals surface area (Å²) >= 11 is 0. The molecule has 1 atom stereocenters. The van der Waals surface area contributed by atoms with Gasteiger partial charge in [-0.1, -0.05) is 36.4 Å². The molecule has 11 heavy (non-hydrogen) atoms. The van der Waals surface area contributed by atoms with Crippen LogP contribution in [0.4, 0.5) is 0 Å². The number of nitrogens with one attached hydrogen (secondary N) is 1. The first-order chi connectivity index (χ1) is 5.47. The van der Waals surface area contributed by atoms with Gasteiger partial charge < -0.3 is 5.32 Å². The van der Waals surface area contributed by atoms with E-state index in [1.807, 2.05) is 6.20 Å². The maximum absolute atomic E-state index is 3.19. The highest BCUT2D eigenvalue weighted by Crippen LogP contribution is 2.18. The molecule has 1 N–H and O–H groups in total. The van der Waals surface area contributed by atoms with Crippen LogP contribution in [0.2, 0.25) is 0 Å². The molecule has 0 saturated heterocycles. The second kappa shape index (κ2) is 2.79. The predicted molar refractivity (Wildman–Crippen MR) is 46.3 cm³/mol. The van der Waals surface area contributed by atoms with E-state index in [4.69, 9.17) is 0 Å². The Kier molecular flexibility index (Phi) is 1.64. The minimum absolute atomic E-state index is 0.580. The molecule has 56 valence electrons. The molecule has 0 saturated carbocycles. The minimum Gasteiger partial charge on any atom is -0.390 e. The molecule has 0 unspecified atom stereocenters. The second-order valence-corrected chi connectivity index (χ2v) is 2.78. The fourth-order valence-corrected chi connectivity index (χ4v) is 1.38. The summed E-state index contributed by atoms with van der Waals surface area (Å²) in [5, 5.41) is 3.19. The first-order valence-corrected chi connectivity index (χ1v) is 3.92. The number of rotatable bonds is 1. The van der Waals surface area contributed by atoms with Gasteiger partial charge in [0.1, 0.15) is 0 Å². The molecule has 1 heteroatoms. The van der Waals surface area contributed by atoms with Gasteiger partial charge in [-0.15, -0.1) is 0 Å². The summed E-state index contributed by atoms with van der Waals surface area (Å²) in [5.41, 5.74) is 1.40. The van der Waals surface area contributed by atoms with E-state index < -0.39 is 0 Å². The third kappa shape index (κ3) is 1.27. The Morgan fingerprint density at radius 2 is 2.00 bits per heavy atom. The Hall–Kier alpha value is -1.24. The highest BCUT2D eigenvalue weighted by atomic mass is 14.9. The number of hydrogen-bond acceptors (Lipinski definition) is 1. The summed E-state index contributed by atoms with van der Waals surface area (Å²) in [7, 11) is 0. The van der Waals surface area contributed by atoms with Crippen LogP contribution in [0.1, 0.15) is 11.5 Å². The van der Waals surface area contributed by atoms with Crippen LogP contribution in [0.3, 0.4) is 0 Å². The summed E-state index contributed by atoms with van der Waals surface area (Å²) < 4.78 is 0. The summed E-state index contributed by atoms with van der Waals surface area (Å²) in [5.74, 6) is 0.580. The van der Waals surface area contributed by atoms with Gasteiger partial charge in [0.2, 0.25) is 0 Å². The average Bonchev–Trinajstić information content (AvgIpc) is 2.58. The highest BCUT2D eigenvalue weighted by molar-refractivity contribution is 5.26. The van der Waals surface area contributed by atoms with Crippen molar-refractivity contribution in [3.63, 3.8) is 0 Å². The minimum atomic E-state index is 0.580. The number of hydrogen-bond donors (Lipinski definition) is 1. The van der Waals surface area contributed by atoms with Crippen LogP contribution >= 0.6 is 0 Å². The van der Waals surface area contributed by atoms with Crippen molar-refractivity contribution in [1.29, 1.82) is 0 Å². The van der Waals surface area contributed by atoms with Gasteiger partial charge in [0.05, 0.1) is 0 Å². The molecule has 0 amide bonds. The molecule has 1 aromatic carbocycles. The monoisotopic (exact) mass is 145 g/mol. The molecule has 0 aliphatic carbocycles. The Morgan fingerprint density at radius 1 is 1.18 bits per heavy atom. The molecule has 0 radical (unpaired) electrons. The van der Waals surface area contributed by atoms with Crippen molar-refractivity contribution < 1.29 is 0 Å². The molecule has 2 rings (SSSR count). The molecule has 0 spiro atoms. The fourth-order valence-electron chi connectivity index (χ4n) is 1.38. The first-order valence-electron chi connectivity index (χ1n) is 3.92. The van der Waals surface area contributed by atoms with Crippen LogP contribution in [-0.2, 0) is 0 Å². The van der Waals surface area contributed by atoms with Crippen LogP contribution in [-0.4, -0.2) is 6.54 Å². The van der Waals surface area contributed by atoms with E-state index in [9.17, 15) is 0 Å². The molecule has 0 fully saturated rings. The quantitative estimate of drug-likeness (QED) is 0.636. The van der Waals surface area contributed by atoms with Crippen molar-refractivity contribution in [2.45, 2.75) is 5.92 Å². The van der Waals surface area contributed by atoms with Crippen LogP contribution in [0.5, 0.6) is 0 Å². The Morgan fingerprint density at radius 3 is 2.64 bits per heavy atom. The lowest BCUT2D eigenvalue weighted by molar-refractivity contribution is 0.814. The van der Waals surface area contributed by atoms with E-state index >= 15 is 0 Å². The summed E-state index contributed by atoms with van der Waals surface area (Å²) in [6.45, 7) is 1.05. The van der Waals surface area contributed by atoms with E-state index in [2.05, 4.69) is 41.7 Å². The van der Waals surface area contributed by atoms with Crippen molar-refractivity contribution in [3.8, 4) is 0 Å². The molecular weight excluding hydrogens is 134 g/mol. The fraction of sp³-hybridized carbons (Fsp3) is 0.200. The van der Waals surface area contributed by atoms with Crippen LogP contribution in [0.15, 0.2) is 42.6 Å². The lowest BCUT2D eigenvalue weighted by Gasteiger charge is -2.05. The molecule has 1 aliphatic heterocycles. The van der Waals surface area contributed by atoms with Crippen molar-refractivity contribution in [1.82, 2.24) is 5.32 Å². The van der Waals surface area contributed by atoms with Crippen molar-refractivity contribution >= 4 is 0 Å². The average molecular weight is 145 g/mol. The molecule has 1 aromatic rings. The second-order valence-electron chi connectivity index (χ2n) is 2.78.